The largest absolute Gasteiger partial charge is 0.508 e. The standard InChI is InChI=1S/C21H28O/c1-3-5-12-18-15-20(22)16-19(13-6-4-2)21(18)14-17-10-8-7-9-11-17/h7-11,15-16,22H,3-6,12-14H2,1-2H3. The van der Waals surface area contributed by atoms with Crippen molar-refractivity contribution in [2.24, 2.45) is 0 Å². The number of rotatable bonds is 8. The molecule has 0 saturated heterocycles. The van der Waals surface area contributed by atoms with Crippen molar-refractivity contribution in [1.82, 2.24) is 0 Å². The Hall–Kier alpha value is -1.76. The third kappa shape index (κ3) is 4.62. The summed E-state index contributed by atoms with van der Waals surface area (Å²) >= 11 is 0. The van der Waals surface area contributed by atoms with E-state index >= 15 is 0 Å². The quantitative estimate of drug-likeness (QED) is 0.665. The highest BCUT2D eigenvalue weighted by Crippen LogP contribution is 2.27. The molecule has 0 heterocycles. The monoisotopic (exact) mass is 296 g/mol. The van der Waals surface area contributed by atoms with Crippen molar-refractivity contribution in [2.75, 3.05) is 0 Å². The van der Waals surface area contributed by atoms with Crippen LogP contribution >= 0.6 is 0 Å². The molecule has 1 heteroatoms. The molecule has 0 bridgehead atoms. The van der Waals surface area contributed by atoms with Crippen LogP contribution in [-0.2, 0) is 19.3 Å². The summed E-state index contributed by atoms with van der Waals surface area (Å²) in [6, 6.07) is 14.6. The molecule has 0 aliphatic heterocycles. The highest BCUT2D eigenvalue weighted by molar-refractivity contribution is 5.44. The van der Waals surface area contributed by atoms with Crippen molar-refractivity contribution in [3.8, 4) is 5.75 Å². The maximum atomic E-state index is 10.1. The van der Waals surface area contributed by atoms with E-state index in [1.54, 1.807) is 0 Å². The minimum Gasteiger partial charge on any atom is -0.508 e. The number of phenols is 1. The van der Waals surface area contributed by atoms with E-state index in [1.165, 1.54) is 47.9 Å². The van der Waals surface area contributed by atoms with E-state index in [2.05, 4.69) is 44.2 Å². The van der Waals surface area contributed by atoms with Crippen LogP contribution in [0.15, 0.2) is 42.5 Å². The van der Waals surface area contributed by atoms with Crippen LogP contribution < -0.4 is 0 Å². The molecule has 0 amide bonds. The number of aryl methyl sites for hydroxylation is 2. The van der Waals surface area contributed by atoms with Gasteiger partial charge in [0.1, 0.15) is 5.75 Å². The first-order chi connectivity index (χ1) is 10.7. The molecule has 0 unspecified atom stereocenters. The van der Waals surface area contributed by atoms with Crippen molar-refractivity contribution in [2.45, 2.75) is 58.8 Å². The topological polar surface area (TPSA) is 20.2 Å². The van der Waals surface area contributed by atoms with Gasteiger partial charge in [0.25, 0.3) is 0 Å². The van der Waals surface area contributed by atoms with Gasteiger partial charge >= 0.3 is 0 Å². The van der Waals surface area contributed by atoms with Crippen LogP contribution in [0.5, 0.6) is 5.75 Å². The van der Waals surface area contributed by atoms with Crippen molar-refractivity contribution in [3.05, 3.63) is 64.7 Å². The summed E-state index contributed by atoms with van der Waals surface area (Å²) in [6.07, 6.45) is 7.82. The highest BCUT2D eigenvalue weighted by atomic mass is 16.3. The zero-order valence-corrected chi connectivity index (χ0v) is 13.9. The second-order valence-electron chi connectivity index (χ2n) is 6.11. The third-order valence-electron chi connectivity index (χ3n) is 4.24. The number of unbranched alkanes of at least 4 members (excludes halogenated alkanes) is 2. The molecule has 0 aromatic heterocycles. The molecular weight excluding hydrogens is 268 g/mol. The van der Waals surface area contributed by atoms with Crippen LogP contribution in [0.2, 0.25) is 0 Å². The van der Waals surface area contributed by atoms with E-state index in [1.807, 2.05) is 12.1 Å². The van der Waals surface area contributed by atoms with Crippen molar-refractivity contribution in [1.29, 1.82) is 0 Å². The first kappa shape index (κ1) is 16.6. The van der Waals surface area contributed by atoms with Gasteiger partial charge in [-0.1, -0.05) is 57.0 Å². The van der Waals surface area contributed by atoms with Crippen LogP contribution in [-0.4, -0.2) is 5.11 Å². The summed E-state index contributed by atoms with van der Waals surface area (Å²) in [5.74, 6) is 0.425. The molecule has 118 valence electrons. The number of hydrogen-bond acceptors (Lipinski definition) is 1. The zero-order chi connectivity index (χ0) is 15.8. The minimum atomic E-state index is 0.425. The van der Waals surface area contributed by atoms with Gasteiger partial charge in [-0.15, -0.1) is 0 Å². The molecule has 0 aliphatic rings. The summed E-state index contributed by atoms with van der Waals surface area (Å²) in [5, 5.41) is 10.1. The molecule has 22 heavy (non-hydrogen) atoms. The normalized spacial score (nSPS) is 10.8. The van der Waals surface area contributed by atoms with Gasteiger partial charge in [-0.3, -0.25) is 0 Å². The molecule has 1 N–H and O–H groups in total. The second-order valence-corrected chi connectivity index (χ2v) is 6.11. The van der Waals surface area contributed by atoms with Gasteiger partial charge in [0.2, 0.25) is 0 Å². The predicted molar refractivity (Wildman–Crippen MR) is 94.6 cm³/mol. The number of aromatic hydroxyl groups is 1. The molecule has 0 fully saturated rings. The van der Waals surface area contributed by atoms with Crippen LogP contribution in [0.3, 0.4) is 0 Å². The Kier molecular flexibility index (Phi) is 6.51. The summed E-state index contributed by atoms with van der Waals surface area (Å²) in [6.45, 7) is 4.44. The van der Waals surface area contributed by atoms with Crippen molar-refractivity contribution in [3.63, 3.8) is 0 Å². The third-order valence-corrected chi connectivity index (χ3v) is 4.24. The Morgan fingerprint density at radius 2 is 1.36 bits per heavy atom. The Bertz CT molecular complexity index is 543. The van der Waals surface area contributed by atoms with Gasteiger partial charge in [0.15, 0.2) is 0 Å². The maximum absolute atomic E-state index is 10.1. The molecule has 0 saturated carbocycles. The zero-order valence-electron chi connectivity index (χ0n) is 13.9. The van der Waals surface area contributed by atoms with E-state index < -0.39 is 0 Å². The Morgan fingerprint density at radius 1 is 0.818 bits per heavy atom. The summed E-state index contributed by atoms with van der Waals surface area (Å²) in [7, 11) is 0. The fourth-order valence-corrected chi connectivity index (χ4v) is 2.99. The lowest BCUT2D eigenvalue weighted by Crippen LogP contribution is -2.02. The van der Waals surface area contributed by atoms with Gasteiger partial charge in [0.05, 0.1) is 0 Å². The number of phenolic OH excluding ortho intramolecular Hbond substituents is 1. The summed E-state index contributed by atoms with van der Waals surface area (Å²) in [4.78, 5) is 0. The van der Waals surface area contributed by atoms with Gasteiger partial charge < -0.3 is 5.11 Å². The van der Waals surface area contributed by atoms with Gasteiger partial charge in [-0.25, -0.2) is 0 Å². The van der Waals surface area contributed by atoms with E-state index in [0.29, 0.717) is 5.75 Å². The van der Waals surface area contributed by atoms with Crippen LogP contribution in [0, 0.1) is 0 Å². The number of benzene rings is 2. The molecule has 0 aliphatic carbocycles. The lowest BCUT2D eigenvalue weighted by atomic mass is 9.90. The fourth-order valence-electron chi connectivity index (χ4n) is 2.99. The van der Waals surface area contributed by atoms with Gasteiger partial charge in [-0.05, 0) is 66.5 Å². The Labute approximate surface area is 135 Å². The molecule has 0 atom stereocenters. The highest BCUT2D eigenvalue weighted by Gasteiger charge is 2.11. The second kappa shape index (κ2) is 8.63. The molecule has 1 nitrogen and oxygen atoms in total. The fraction of sp³-hybridized carbons (Fsp3) is 0.429. The lowest BCUT2D eigenvalue weighted by Gasteiger charge is -2.16. The van der Waals surface area contributed by atoms with Crippen LogP contribution in [0.4, 0.5) is 0 Å². The van der Waals surface area contributed by atoms with Gasteiger partial charge in [0, 0.05) is 0 Å². The Balaban J connectivity index is 2.35. The average molecular weight is 296 g/mol. The Morgan fingerprint density at radius 3 is 1.86 bits per heavy atom. The molecule has 2 aromatic rings. The maximum Gasteiger partial charge on any atom is 0.116 e. The first-order valence-electron chi connectivity index (χ1n) is 8.62. The van der Waals surface area contributed by atoms with Crippen molar-refractivity contribution >= 4 is 0 Å². The van der Waals surface area contributed by atoms with E-state index in [0.717, 1.165) is 19.3 Å². The van der Waals surface area contributed by atoms with E-state index in [4.69, 9.17) is 0 Å². The smallest absolute Gasteiger partial charge is 0.116 e. The first-order valence-corrected chi connectivity index (χ1v) is 8.62. The number of hydrogen-bond donors (Lipinski definition) is 1. The van der Waals surface area contributed by atoms with Crippen LogP contribution in [0.1, 0.15) is 61.8 Å². The predicted octanol–water partition coefficient (Wildman–Crippen LogP) is 5.67. The summed E-state index contributed by atoms with van der Waals surface area (Å²) in [5.41, 5.74) is 5.45. The molecule has 0 spiro atoms. The van der Waals surface area contributed by atoms with Crippen LogP contribution in [0.25, 0.3) is 0 Å². The molecule has 2 rings (SSSR count). The summed E-state index contributed by atoms with van der Waals surface area (Å²) < 4.78 is 0. The van der Waals surface area contributed by atoms with Crippen molar-refractivity contribution < 1.29 is 5.11 Å². The molecular formula is C21H28O. The van der Waals surface area contributed by atoms with E-state index in [9.17, 15) is 5.11 Å². The average Bonchev–Trinajstić information content (AvgIpc) is 2.54. The molecule has 2 aromatic carbocycles. The SMILES string of the molecule is CCCCc1cc(O)cc(CCCC)c1Cc1ccccc1. The lowest BCUT2D eigenvalue weighted by molar-refractivity contribution is 0.473. The van der Waals surface area contributed by atoms with Gasteiger partial charge in [-0.2, -0.15) is 0 Å². The molecule has 0 radical (unpaired) electrons. The van der Waals surface area contributed by atoms with E-state index in [-0.39, 0.29) is 0 Å². The minimum absolute atomic E-state index is 0.425.